The Morgan fingerprint density at radius 1 is 0.830 bits per heavy atom. The van der Waals surface area contributed by atoms with Crippen LogP contribution in [0.15, 0.2) is 0 Å². The molecule has 8 atom stereocenters. The zero-order chi connectivity index (χ0) is 40.1. The van der Waals surface area contributed by atoms with Crippen LogP contribution in [0.5, 0.6) is 0 Å². The highest BCUT2D eigenvalue weighted by Gasteiger charge is 2.40. The van der Waals surface area contributed by atoms with Crippen LogP contribution in [0, 0.1) is 0 Å². The Hall–Kier alpha value is -3.89. The molecule has 1 heterocycles. The van der Waals surface area contributed by atoms with Gasteiger partial charge in [0.05, 0.1) is 24.8 Å². The van der Waals surface area contributed by atoms with Gasteiger partial charge in [-0.2, -0.15) is 12.6 Å². The molecule has 0 aliphatic carbocycles. The highest BCUT2D eigenvalue weighted by molar-refractivity contribution is 7.80. The van der Waals surface area contributed by atoms with Crippen LogP contribution in [0.1, 0.15) is 71.1 Å². The van der Waals surface area contributed by atoms with Crippen molar-refractivity contribution in [3.63, 3.8) is 0 Å². The monoisotopic (exact) mass is 774 g/mol. The van der Waals surface area contributed by atoms with E-state index in [9.17, 15) is 48.6 Å². The summed E-state index contributed by atoms with van der Waals surface area (Å²) in [5.41, 5.74) is 22.1. The lowest BCUT2D eigenvalue weighted by molar-refractivity contribution is -0.143. The lowest BCUT2D eigenvalue weighted by Gasteiger charge is -2.30. The van der Waals surface area contributed by atoms with E-state index >= 15 is 0 Å². The number of likely N-dealkylation sites (tertiary alicyclic amines) is 1. The van der Waals surface area contributed by atoms with Crippen molar-refractivity contribution in [3.8, 4) is 0 Å². The summed E-state index contributed by atoms with van der Waals surface area (Å²) in [4.78, 5) is 103. The molecule has 0 unspecified atom stereocenters. The number of carbonyl (C=O) groups excluding carboxylic acids is 8. The van der Waals surface area contributed by atoms with Crippen molar-refractivity contribution in [2.24, 2.45) is 22.9 Å². The molecule has 7 amide bonds. The summed E-state index contributed by atoms with van der Waals surface area (Å²) in [5.74, 6) is -5.60. The third-order valence-electron chi connectivity index (χ3n) is 8.59. The van der Waals surface area contributed by atoms with Crippen LogP contribution < -0.4 is 49.5 Å². The quantitative estimate of drug-likeness (QED) is 0.0222. The van der Waals surface area contributed by atoms with Gasteiger partial charge < -0.3 is 69.4 Å². The molecular weight excluding hydrogens is 716 g/mol. The average Bonchev–Trinajstić information content (AvgIpc) is 3.62. The van der Waals surface area contributed by atoms with E-state index in [4.69, 9.17) is 22.9 Å². The Bertz CT molecular complexity index is 1250. The Morgan fingerprint density at radius 3 is 1.98 bits per heavy atom. The van der Waals surface area contributed by atoms with Gasteiger partial charge in [0.1, 0.15) is 36.5 Å². The number of carbonyl (C=O) groups is 8. The van der Waals surface area contributed by atoms with Crippen LogP contribution in [0.25, 0.3) is 0 Å². The SMILES string of the molecule is C[C@@H](O)[C@H](NC(=O)[C@H](CS)NC(=O)[C@@H](N)CCCCN)C(=O)N[C@@H](CO)C(=O)N1CCC[C@H]1C(=O)N[C@@H](CCCCN)C(=O)N[C@H](C=O)CCC(N)=O. The lowest BCUT2D eigenvalue weighted by Crippen LogP contribution is -2.62. The summed E-state index contributed by atoms with van der Waals surface area (Å²) in [6, 6.07) is -8.63. The number of amides is 7. The third-order valence-corrected chi connectivity index (χ3v) is 8.96. The summed E-state index contributed by atoms with van der Waals surface area (Å²) in [5, 5.41) is 32.7. The summed E-state index contributed by atoms with van der Waals surface area (Å²) in [7, 11) is 0. The van der Waals surface area contributed by atoms with E-state index in [1.807, 2.05) is 0 Å². The molecular formula is C32H58N10O10S. The van der Waals surface area contributed by atoms with Gasteiger partial charge in [-0.3, -0.25) is 33.6 Å². The topological polar surface area (TPSA) is 344 Å². The van der Waals surface area contributed by atoms with Gasteiger partial charge in [-0.05, 0) is 71.4 Å². The maximum absolute atomic E-state index is 13.6. The predicted molar refractivity (Wildman–Crippen MR) is 195 cm³/mol. The molecule has 0 aromatic carbocycles. The Morgan fingerprint density at radius 2 is 1.43 bits per heavy atom. The smallest absolute Gasteiger partial charge is 0.248 e. The molecule has 0 spiro atoms. The number of nitrogens with zero attached hydrogens (tertiary/aromatic N) is 1. The first-order valence-corrected chi connectivity index (χ1v) is 18.4. The summed E-state index contributed by atoms with van der Waals surface area (Å²) >= 11 is 4.10. The predicted octanol–water partition coefficient (Wildman–Crippen LogP) is -5.25. The maximum Gasteiger partial charge on any atom is 0.248 e. The molecule has 302 valence electrons. The number of aldehydes is 1. The third kappa shape index (κ3) is 16.3. The van der Waals surface area contributed by atoms with Crippen LogP contribution in [-0.2, 0) is 38.4 Å². The van der Waals surface area contributed by atoms with Crippen molar-refractivity contribution in [1.29, 1.82) is 0 Å². The van der Waals surface area contributed by atoms with E-state index in [1.165, 1.54) is 6.92 Å². The number of nitrogens with two attached hydrogens (primary N) is 4. The van der Waals surface area contributed by atoms with Crippen LogP contribution in [0.2, 0.25) is 0 Å². The summed E-state index contributed by atoms with van der Waals surface area (Å²) in [6.45, 7) is 1.13. The fraction of sp³-hybridized carbons (Fsp3) is 0.750. The van der Waals surface area contributed by atoms with Crippen LogP contribution in [0.4, 0.5) is 0 Å². The first-order chi connectivity index (χ1) is 25.1. The minimum atomic E-state index is -1.63. The molecule has 0 aromatic heterocycles. The molecule has 15 N–H and O–H groups in total. The Balaban J connectivity index is 3.02. The van der Waals surface area contributed by atoms with Gasteiger partial charge in [0.2, 0.25) is 41.4 Å². The van der Waals surface area contributed by atoms with Gasteiger partial charge in [-0.25, -0.2) is 0 Å². The van der Waals surface area contributed by atoms with Crippen LogP contribution in [0.3, 0.4) is 0 Å². The number of nitrogens with one attached hydrogen (secondary N) is 5. The molecule has 1 saturated heterocycles. The molecule has 0 radical (unpaired) electrons. The van der Waals surface area contributed by atoms with Crippen LogP contribution in [-0.4, -0.2) is 143 Å². The van der Waals surface area contributed by atoms with E-state index in [0.717, 1.165) is 4.90 Å². The van der Waals surface area contributed by atoms with E-state index in [2.05, 4.69) is 39.2 Å². The van der Waals surface area contributed by atoms with Crippen molar-refractivity contribution in [2.45, 2.75) is 120 Å². The zero-order valence-electron chi connectivity index (χ0n) is 30.2. The second-order valence-corrected chi connectivity index (χ2v) is 13.3. The molecule has 21 heteroatoms. The second kappa shape index (κ2) is 25.2. The summed E-state index contributed by atoms with van der Waals surface area (Å²) < 4.78 is 0. The Kier molecular flexibility index (Phi) is 22.4. The molecule has 1 rings (SSSR count). The number of rotatable bonds is 26. The molecule has 1 fully saturated rings. The molecule has 0 saturated carbocycles. The second-order valence-electron chi connectivity index (χ2n) is 12.9. The van der Waals surface area contributed by atoms with Gasteiger partial charge in [0.15, 0.2) is 0 Å². The van der Waals surface area contributed by atoms with Crippen molar-refractivity contribution in [2.75, 3.05) is 32.0 Å². The van der Waals surface area contributed by atoms with Gasteiger partial charge in [0.25, 0.3) is 0 Å². The maximum atomic E-state index is 13.6. The van der Waals surface area contributed by atoms with E-state index < -0.39 is 96.4 Å². The first kappa shape index (κ1) is 47.1. The highest BCUT2D eigenvalue weighted by Crippen LogP contribution is 2.19. The fourth-order valence-electron chi connectivity index (χ4n) is 5.51. The number of hydrogen-bond acceptors (Lipinski definition) is 14. The van der Waals surface area contributed by atoms with Crippen molar-refractivity contribution < 1.29 is 48.6 Å². The zero-order valence-corrected chi connectivity index (χ0v) is 31.1. The normalized spacial score (nSPS) is 17.9. The minimum absolute atomic E-state index is 0.0379. The molecule has 1 aliphatic heterocycles. The number of aliphatic hydroxyl groups excluding tert-OH is 2. The number of thiol groups is 1. The van der Waals surface area contributed by atoms with Gasteiger partial charge in [-0.1, -0.05) is 6.42 Å². The lowest BCUT2D eigenvalue weighted by atomic mass is 10.1. The van der Waals surface area contributed by atoms with Crippen molar-refractivity contribution >= 4 is 60.3 Å². The number of hydrogen-bond donors (Lipinski definition) is 12. The van der Waals surface area contributed by atoms with E-state index in [0.29, 0.717) is 57.9 Å². The molecule has 1 aliphatic rings. The molecule has 53 heavy (non-hydrogen) atoms. The van der Waals surface area contributed by atoms with Crippen molar-refractivity contribution in [1.82, 2.24) is 31.5 Å². The molecule has 0 aromatic rings. The minimum Gasteiger partial charge on any atom is -0.394 e. The van der Waals surface area contributed by atoms with E-state index in [-0.39, 0.29) is 38.0 Å². The standard InChI is InChI=1S/C32H58N10O10S/c1-18(45)26(41-29(49)23(17-53)40-27(47)20(35)7-2-4-12-33)31(51)39-22(16-44)32(52)42-14-6-9-24(42)30(50)38-21(8-3-5-13-34)28(48)37-19(15-43)10-11-25(36)46/h15,18-24,26,44-45,53H,2-14,16-17,33-35H2,1H3,(H2,36,46)(H,37,48)(H,38,50)(H,39,51)(H,40,47)(H,41,49)/t18-,19+,20+,21+,22+,23+,24+,26+/m1/s1. The largest absolute Gasteiger partial charge is 0.394 e. The number of primary amides is 1. The fourth-order valence-corrected chi connectivity index (χ4v) is 5.76. The number of aliphatic hydroxyl groups is 2. The van der Waals surface area contributed by atoms with E-state index in [1.54, 1.807) is 0 Å². The Labute approximate surface area is 314 Å². The van der Waals surface area contributed by atoms with Crippen molar-refractivity contribution in [3.05, 3.63) is 0 Å². The summed E-state index contributed by atoms with van der Waals surface area (Å²) in [6.07, 6.45) is 2.04. The average molecular weight is 775 g/mol. The highest BCUT2D eigenvalue weighted by atomic mass is 32.1. The first-order valence-electron chi connectivity index (χ1n) is 17.8. The van der Waals surface area contributed by atoms with Gasteiger partial charge >= 0.3 is 0 Å². The molecule has 20 nitrogen and oxygen atoms in total. The van der Waals surface area contributed by atoms with Gasteiger partial charge in [0, 0.05) is 18.7 Å². The van der Waals surface area contributed by atoms with Crippen LogP contribution >= 0.6 is 12.6 Å². The van der Waals surface area contributed by atoms with Gasteiger partial charge in [-0.15, -0.1) is 0 Å². The number of unbranched alkanes of at least 4 members (excludes halogenated alkanes) is 2. The molecule has 0 bridgehead atoms.